The Bertz CT molecular complexity index is 379. The van der Waals surface area contributed by atoms with Crippen LogP contribution in [0.5, 0.6) is 0 Å². The zero-order valence-electron chi connectivity index (χ0n) is 10.1. The van der Waals surface area contributed by atoms with Crippen LogP contribution in [-0.4, -0.2) is 20.2 Å². The van der Waals surface area contributed by atoms with Crippen molar-refractivity contribution in [3.8, 4) is 0 Å². The maximum Gasteiger partial charge on any atom is 0.411 e. The monoisotopic (exact) mass is 183 g/mol. The molecule has 0 aliphatic rings. The summed E-state index contributed by atoms with van der Waals surface area (Å²) in [6.07, 6.45) is -0.653. The third-order valence-electron chi connectivity index (χ3n) is 1.48. The molecule has 1 aromatic rings. The van der Waals surface area contributed by atoms with Gasteiger partial charge in [0.25, 0.3) is 0 Å². The number of carbonyl (C=O) groups is 1. The first-order chi connectivity index (χ1) is 7.42. The van der Waals surface area contributed by atoms with E-state index in [1.807, 2.05) is 0 Å². The number of hydrogen-bond acceptors (Lipinski definition) is 3. The molecule has 0 aliphatic carbocycles. The number of benzene rings is 1. The molecule has 2 N–H and O–H groups in total. The van der Waals surface area contributed by atoms with Crippen LogP contribution in [0, 0.1) is 0 Å². The van der Waals surface area contributed by atoms with Gasteiger partial charge in [-0.1, -0.05) is 12.1 Å². The summed E-state index contributed by atoms with van der Waals surface area (Å²) in [6, 6.07) is 6.47. The molecule has 4 heteroatoms. The maximum absolute atomic E-state index is 11.0. The molecule has 0 heterocycles. The number of hydrogen-bond donors (Lipinski definition) is 2. The first-order valence-electron chi connectivity index (χ1n) is 5.14. The Morgan fingerprint density at radius 1 is 1.46 bits per heavy atom. The van der Waals surface area contributed by atoms with E-state index >= 15 is 0 Å². The third-order valence-corrected chi connectivity index (χ3v) is 1.48. The number of anilines is 2. The van der Waals surface area contributed by atoms with E-state index in [1.54, 1.807) is 24.3 Å². The van der Waals surface area contributed by atoms with Gasteiger partial charge in [-0.05, 0) is 12.1 Å². The van der Waals surface area contributed by atoms with Crippen molar-refractivity contribution in [1.29, 1.82) is 0 Å². The minimum absolute atomic E-state index is 0.313. The summed E-state index contributed by atoms with van der Waals surface area (Å²) >= 11 is 0. The largest absolute Gasteiger partial charge is 0.453 e. The van der Waals surface area contributed by atoms with Gasteiger partial charge in [0, 0.05) is 11.1 Å². The van der Waals surface area contributed by atoms with Gasteiger partial charge >= 0.3 is 6.09 Å². The first kappa shape index (κ1) is 5.85. The predicted octanol–water partition coefficient (Wildman–Crippen LogP) is 1.91. The fourth-order valence-electron chi connectivity index (χ4n) is 0.862. The molecule has 1 aromatic carbocycles. The molecule has 0 saturated heterocycles. The molecular weight excluding hydrogens is 168 g/mol. The van der Waals surface area contributed by atoms with Gasteiger partial charge in [-0.2, -0.15) is 0 Å². The van der Waals surface area contributed by atoms with Crippen LogP contribution in [0.2, 0.25) is 0 Å². The van der Waals surface area contributed by atoms with Gasteiger partial charge in [0.2, 0.25) is 0 Å². The second-order valence-corrected chi connectivity index (χ2v) is 2.29. The maximum atomic E-state index is 11.0. The summed E-state index contributed by atoms with van der Waals surface area (Å²) in [5.41, 5.74) is 0.665. The predicted molar refractivity (Wildman–Crippen MR) is 52.0 cm³/mol. The molecule has 0 aromatic heterocycles. The quantitative estimate of drug-likeness (QED) is 0.736. The Balaban J connectivity index is 2.87. The van der Waals surface area contributed by atoms with E-state index in [0.29, 0.717) is 11.4 Å². The standard InChI is InChI=1S/C9H12N2O2/c1-10-7-5-3-4-6-8(7)11-9(12)13-2/h3-6,10H,1-2H3,(H,11,12)/i1D3. The second kappa shape index (κ2) is 4.35. The topological polar surface area (TPSA) is 50.4 Å². The zero-order valence-corrected chi connectivity index (χ0v) is 7.13. The molecule has 1 amide bonds. The van der Waals surface area contributed by atoms with Gasteiger partial charge in [-0.15, -0.1) is 0 Å². The molecule has 4 nitrogen and oxygen atoms in total. The molecule has 0 atom stereocenters. The fourth-order valence-corrected chi connectivity index (χ4v) is 0.862. The average molecular weight is 183 g/mol. The second-order valence-electron chi connectivity index (χ2n) is 2.29. The summed E-state index contributed by atoms with van der Waals surface area (Å²) in [5, 5.41) is 4.72. The van der Waals surface area contributed by atoms with E-state index in [0.717, 1.165) is 0 Å². The number of carbonyl (C=O) groups excluding carboxylic acids is 1. The Morgan fingerprint density at radius 3 is 2.77 bits per heavy atom. The van der Waals surface area contributed by atoms with E-state index in [9.17, 15) is 4.79 Å². The summed E-state index contributed by atoms with van der Waals surface area (Å²) in [4.78, 5) is 11.0. The highest BCUT2D eigenvalue weighted by atomic mass is 16.5. The number of ether oxygens (including phenoxy) is 1. The third kappa shape index (κ3) is 2.37. The number of rotatable bonds is 2. The molecule has 0 saturated carbocycles. The van der Waals surface area contributed by atoms with Crippen molar-refractivity contribution in [2.45, 2.75) is 0 Å². The molecule has 0 bridgehead atoms. The van der Waals surface area contributed by atoms with E-state index in [1.165, 1.54) is 7.11 Å². The Labute approximate surface area is 81.1 Å². The van der Waals surface area contributed by atoms with E-state index < -0.39 is 13.1 Å². The smallest absolute Gasteiger partial charge is 0.411 e. The lowest BCUT2D eigenvalue weighted by Gasteiger charge is -2.08. The van der Waals surface area contributed by atoms with Crippen molar-refractivity contribution in [2.75, 3.05) is 24.7 Å². The number of nitrogens with one attached hydrogen (secondary N) is 2. The van der Waals surface area contributed by atoms with Crippen LogP contribution in [-0.2, 0) is 4.74 Å². The molecular formula is C9H12N2O2. The Morgan fingerprint density at radius 2 is 2.15 bits per heavy atom. The molecule has 13 heavy (non-hydrogen) atoms. The summed E-state index contributed by atoms with van der Waals surface area (Å²) < 4.78 is 25.6. The lowest BCUT2D eigenvalue weighted by molar-refractivity contribution is 0.187. The van der Waals surface area contributed by atoms with Gasteiger partial charge in [-0.3, -0.25) is 5.32 Å². The molecule has 70 valence electrons. The van der Waals surface area contributed by atoms with Crippen molar-refractivity contribution < 1.29 is 13.6 Å². The lowest BCUT2D eigenvalue weighted by Crippen LogP contribution is -2.12. The van der Waals surface area contributed by atoms with E-state index in [-0.39, 0.29) is 0 Å². The number of methoxy groups -OCH3 is 1. The SMILES string of the molecule is [2H]C([2H])([2H])Nc1ccccc1NC(=O)OC. The van der Waals surface area contributed by atoms with Gasteiger partial charge in [0.15, 0.2) is 0 Å². The fraction of sp³-hybridized carbons (Fsp3) is 0.222. The van der Waals surface area contributed by atoms with Gasteiger partial charge in [-0.25, -0.2) is 4.79 Å². The summed E-state index contributed by atoms with van der Waals surface area (Å²) in [6.45, 7) is -2.31. The highest BCUT2D eigenvalue weighted by Gasteiger charge is 2.03. The normalized spacial score (nSPS) is 13.5. The summed E-state index contributed by atoms with van der Waals surface area (Å²) in [5.74, 6) is 0. The molecule has 0 spiro atoms. The number of amides is 1. The number of para-hydroxylation sites is 2. The van der Waals surface area contributed by atoms with Crippen molar-refractivity contribution in [3.05, 3.63) is 24.3 Å². The van der Waals surface area contributed by atoms with Crippen LogP contribution >= 0.6 is 0 Å². The van der Waals surface area contributed by atoms with Crippen LogP contribution in [0.4, 0.5) is 16.2 Å². The molecule has 0 radical (unpaired) electrons. The van der Waals surface area contributed by atoms with Crippen LogP contribution < -0.4 is 10.6 Å². The van der Waals surface area contributed by atoms with Gasteiger partial charge < -0.3 is 10.1 Å². The van der Waals surface area contributed by atoms with Crippen molar-refractivity contribution in [3.63, 3.8) is 0 Å². The highest BCUT2D eigenvalue weighted by molar-refractivity contribution is 5.89. The molecule has 1 rings (SSSR count). The van der Waals surface area contributed by atoms with Crippen molar-refractivity contribution in [2.24, 2.45) is 0 Å². The zero-order chi connectivity index (χ0) is 12.2. The minimum atomic E-state index is -2.31. The first-order valence-corrected chi connectivity index (χ1v) is 3.64. The van der Waals surface area contributed by atoms with Crippen molar-refractivity contribution in [1.82, 2.24) is 0 Å². The minimum Gasteiger partial charge on any atom is -0.453 e. The Kier molecular flexibility index (Phi) is 1.96. The average Bonchev–Trinajstić information content (AvgIpc) is 2.18. The van der Waals surface area contributed by atoms with Crippen LogP contribution in [0.3, 0.4) is 0 Å². The molecule has 0 aliphatic heterocycles. The highest BCUT2D eigenvalue weighted by Crippen LogP contribution is 2.19. The molecule has 0 fully saturated rings. The van der Waals surface area contributed by atoms with Crippen LogP contribution in [0.1, 0.15) is 4.11 Å². The van der Waals surface area contributed by atoms with Crippen LogP contribution in [0.25, 0.3) is 0 Å². The van der Waals surface area contributed by atoms with E-state index in [4.69, 9.17) is 4.11 Å². The van der Waals surface area contributed by atoms with Gasteiger partial charge in [0.05, 0.1) is 18.5 Å². The Hall–Kier alpha value is -1.71. The summed E-state index contributed by atoms with van der Waals surface area (Å²) in [7, 11) is 1.23. The van der Waals surface area contributed by atoms with E-state index in [2.05, 4.69) is 15.4 Å². The van der Waals surface area contributed by atoms with Crippen molar-refractivity contribution >= 4 is 17.5 Å². The van der Waals surface area contributed by atoms with Gasteiger partial charge in [0.1, 0.15) is 0 Å². The lowest BCUT2D eigenvalue weighted by atomic mass is 10.2. The van der Waals surface area contributed by atoms with Crippen LogP contribution in [0.15, 0.2) is 24.3 Å². The molecule has 0 unspecified atom stereocenters.